The number of pyridine rings is 1. The second kappa shape index (κ2) is 6.04. The molecule has 0 unspecified atom stereocenters. The van der Waals surface area contributed by atoms with Crippen LogP contribution in [0.2, 0.25) is 0 Å². The van der Waals surface area contributed by atoms with Crippen LogP contribution in [0.5, 0.6) is 5.75 Å². The van der Waals surface area contributed by atoms with E-state index in [4.69, 9.17) is 9.84 Å². The number of hydrogen-bond acceptors (Lipinski definition) is 4. The summed E-state index contributed by atoms with van der Waals surface area (Å²) in [5.41, 5.74) is 1.71. The molecule has 108 valence electrons. The van der Waals surface area contributed by atoms with Gasteiger partial charge in [-0.25, -0.2) is 4.79 Å². The number of carbonyl (C=O) groups is 2. The van der Waals surface area contributed by atoms with Crippen molar-refractivity contribution in [3.8, 4) is 5.75 Å². The lowest BCUT2D eigenvalue weighted by Crippen LogP contribution is -2.12. The number of nitrogens with zero attached hydrogens (tertiary/aromatic N) is 1. The highest BCUT2D eigenvalue weighted by Gasteiger charge is 2.13. The SMILES string of the molecule is COc1cc(NC(=O)c2ccnc(C)c2)ccc1C(=O)O. The first kappa shape index (κ1) is 14.5. The molecule has 2 rings (SSSR count). The molecule has 0 spiro atoms. The number of aryl methyl sites for hydroxylation is 1. The number of carboxylic acid groups (broad SMARTS) is 1. The van der Waals surface area contributed by atoms with E-state index in [0.717, 1.165) is 5.69 Å². The minimum atomic E-state index is -1.09. The first-order chi connectivity index (χ1) is 10.0. The topological polar surface area (TPSA) is 88.5 Å². The minimum absolute atomic E-state index is 0.0373. The number of methoxy groups -OCH3 is 1. The molecule has 6 nitrogen and oxygen atoms in total. The average molecular weight is 286 g/mol. The zero-order valence-electron chi connectivity index (χ0n) is 11.6. The summed E-state index contributed by atoms with van der Waals surface area (Å²) in [4.78, 5) is 27.1. The van der Waals surface area contributed by atoms with Gasteiger partial charge in [0.2, 0.25) is 0 Å². The van der Waals surface area contributed by atoms with E-state index in [9.17, 15) is 9.59 Å². The van der Waals surface area contributed by atoms with Crippen LogP contribution in [0, 0.1) is 6.92 Å². The van der Waals surface area contributed by atoms with Gasteiger partial charge in [0, 0.05) is 29.2 Å². The zero-order valence-corrected chi connectivity index (χ0v) is 11.6. The van der Waals surface area contributed by atoms with E-state index in [2.05, 4.69) is 10.3 Å². The molecule has 0 aliphatic heterocycles. The lowest BCUT2D eigenvalue weighted by Gasteiger charge is -2.09. The van der Waals surface area contributed by atoms with Gasteiger partial charge < -0.3 is 15.2 Å². The van der Waals surface area contributed by atoms with Gasteiger partial charge in [0.05, 0.1) is 7.11 Å². The summed E-state index contributed by atoms with van der Waals surface area (Å²) < 4.78 is 5.01. The lowest BCUT2D eigenvalue weighted by molar-refractivity contribution is 0.0693. The van der Waals surface area contributed by atoms with Gasteiger partial charge in [-0.3, -0.25) is 9.78 Å². The summed E-state index contributed by atoms with van der Waals surface area (Å²) in [5.74, 6) is -1.20. The number of aromatic carboxylic acids is 1. The summed E-state index contributed by atoms with van der Waals surface area (Å²) in [6.07, 6.45) is 1.55. The van der Waals surface area contributed by atoms with Crippen molar-refractivity contribution >= 4 is 17.6 Å². The molecule has 1 aromatic heterocycles. The molecule has 1 amide bonds. The molecule has 0 atom stereocenters. The van der Waals surface area contributed by atoms with E-state index >= 15 is 0 Å². The number of carbonyl (C=O) groups excluding carboxylic acids is 1. The number of rotatable bonds is 4. The summed E-state index contributed by atoms with van der Waals surface area (Å²) in [6.45, 7) is 1.79. The number of carboxylic acids is 1. The fraction of sp³-hybridized carbons (Fsp3) is 0.133. The third kappa shape index (κ3) is 3.36. The number of nitrogens with one attached hydrogen (secondary N) is 1. The van der Waals surface area contributed by atoms with Gasteiger partial charge in [0.15, 0.2) is 0 Å². The summed E-state index contributed by atoms with van der Waals surface area (Å²) in [7, 11) is 1.37. The summed E-state index contributed by atoms with van der Waals surface area (Å²) in [6, 6.07) is 7.63. The minimum Gasteiger partial charge on any atom is -0.496 e. The molecule has 0 aliphatic rings. The molecule has 0 aliphatic carbocycles. The fourth-order valence-electron chi connectivity index (χ4n) is 1.84. The molecular formula is C15H14N2O4. The van der Waals surface area contributed by atoms with E-state index in [0.29, 0.717) is 11.3 Å². The molecule has 0 saturated carbocycles. The van der Waals surface area contributed by atoms with Crippen molar-refractivity contribution in [1.82, 2.24) is 4.98 Å². The highest BCUT2D eigenvalue weighted by molar-refractivity contribution is 6.04. The molecule has 0 fully saturated rings. The van der Waals surface area contributed by atoms with E-state index in [1.54, 1.807) is 25.3 Å². The van der Waals surface area contributed by atoms with Crippen LogP contribution in [0.1, 0.15) is 26.4 Å². The Morgan fingerprint density at radius 3 is 2.62 bits per heavy atom. The van der Waals surface area contributed by atoms with Crippen molar-refractivity contribution in [2.24, 2.45) is 0 Å². The molecular weight excluding hydrogens is 272 g/mol. The third-order valence-corrected chi connectivity index (χ3v) is 2.85. The molecule has 0 bridgehead atoms. The van der Waals surface area contributed by atoms with Gasteiger partial charge in [-0.05, 0) is 31.2 Å². The summed E-state index contributed by atoms with van der Waals surface area (Å²) in [5, 5.41) is 11.7. The number of amides is 1. The van der Waals surface area contributed by atoms with Crippen molar-refractivity contribution in [1.29, 1.82) is 0 Å². The molecule has 2 N–H and O–H groups in total. The predicted molar refractivity (Wildman–Crippen MR) is 76.9 cm³/mol. The van der Waals surface area contributed by atoms with Crippen LogP contribution in [0.3, 0.4) is 0 Å². The second-order valence-corrected chi connectivity index (χ2v) is 4.36. The van der Waals surface area contributed by atoms with Crippen molar-refractivity contribution in [3.05, 3.63) is 53.3 Å². The Labute approximate surface area is 121 Å². The molecule has 1 aromatic carbocycles. The summed E-state index contributed by atoms with van der Waals surface area (Å²) >= 11 is 0. The molecule has 21 heavy (non-hydrogen) atoms. The zero-order chi connectivity index (χ0) is 15.4. The number of hydrogen-bond donors (Lipinski definition) is 2. The maximum atomic E-state index is 12.1. The maximum Gasteiger partial charge on any atom is 0.339 e. The van der Waals surface area contributed by atoms with Crippen LogP contribution in [0.4, 0.5) is 5.69 Å². The van der Waals surface area contributed by atoms with Crippen LogP contribution >= 0.6 is 0 Å². The van der Waals surface area contributed by atoms with Gasteiger partial charge >= 0.3 is 5.97 Å². The standard InChI is InChI=1S/C15H14N2O4/c1-9-7-10(5-6-16-9)14(18)17-11-3-4-12(15(19)20)13(8-11)21-2/h3-8H,1-2H3,(H,17,18)(H,19,20). The lowest BCUT2D eigenvalue weighted by atomic mass is 10.1. The largest absolute Gasteiger partial charge is 0.496 e. The van der Waals surface area contributed by atoms with Gasteiger partial charge in [0.1, 0.15) is 11.3 Å². The van der Waals surface area contributed by atoms with Crippen LogP contribution in [-0.2, 0) is 0 Å². The van der Waals surface area contributed by atoms with Crippen LogP contribution in [-0.4, -0.2) is 29.1 Å². The Bertz CT molecular complexity index is 698. The van der Waals surface area contributed by atoms with Crippen LogP contribution in [0.15, 0.2) is 36.5 Å². The second-order valence-electron chi connectivity index (χ2n) is 4.36. The van der Waals surface area contributed by atoms with Gasteiger partial charge in [-0.1, -0.05) is 0 Å². The van der Waals surface area contributed by atoms with Gasteiger partial charge in [-0.15, -0.1) is 0 Å². The fourth-order valence-corrected chi connectivity index (χ4v) is 1.84. The molecule has 6 heteroatoms. The normalized spacial score (nSPS) is 10.0. The van der Waals surface area contributed by atoms with Gasteiger partial charge in [0.25, 0.3) is 5.91 Å². The van der Waals surface area contributed by atoms with E-state index < -0.39 is 5.97 Å². The van der Waals surface area contributed by atoms with Crippen molar-refractivity contribution in [3.63, 3.8) is 0 Å². The average Bonchev–Trinajstić information content (AvgIpc) is 2.46. The number of anilines is 1. The quantitative estimate of drug-likeness (QED) is 0.900. The predicted octanol–water partition coefficient (Wildman–Crippen LogP) is 2.35. The first-order valence-electron chi connectivity index (χ1n) is 6.16. The first-order valence-corrected chi connectivity index (χ1v) is 6.16. The van der Waals surface area contributed by atoms with E-state index in [1.165, 1.54) is 25.3 Å². The highest BCUT2D eigenvalue weighted by Crippen LogP contribution is 2.23. The van der Waals surface area contributed by atoms with Crippen molar-refractivity contribution in [2.75, 3.05) is 12.4 Å². The number of benzene rings is 1. The monoisotopic (exact) mass is 286 g/mol. The number of ether oxygens (including phenoxy) is 1. The number of aromatic nitrogens is 1. The van der Waals surface area contributed by atoms with E-state index in [1.807, 2.05) is 0 Å². The van der Waals surface area contributed by atoms with Crippen molar-refractivity contribution < 1.29 is 19.4 Å². The van der Waals surface area contributed by atoms with Crippen molar-refractivity contribution in [2.45, 2.75) is 6.92 Å². The smallest absolute Gasteiger partial charge is 0.339 e. The molecule has 0 saturated heterocycles. The van der Waals surface area contributed by atoms with Gasteiger partial charge in [-0.2, -0.15) is 0 Å². The maximum absolute atomic E-state index is 12.1. The van der Waals surface area contributed by atoms with E-state index in [-0.39, 0.29) is 17.2 Å². The highest BCUT2D eigenvalue weighted by atomic mass is 16.5. The van der Waals surface area contributed by atoms with Crippen LogP contribution < -0.4 is 10.1 Å². The Hall–Kier alpha value is -2.89. The van der Waals surface area contributed by atoms with Crippen LogP contribution in [0.25, 0.3) is 0 Å². The molecule has 2 aromatic rings. The Morgan fingerprint density at radius 1 is 1.24 bits per heavy atom. The Kier molecular flexibility index (Phi) is 4.18. The molecule has 1 heterocycles. The Balaban J connectivity index is 2.24. The Morgan fingerprint density at radius 2 is 2.00 bits per heavy atom. The third-order valence-electron chi connectivity index (χ3n) is 2.85. The molecule has 0 radical (unpaired) electrons.